The number of rotatable bonds is 8. The molecule has 65 heavy (non-hydrogen) atoms. The number of carbonyl (C=O) groups is 1. The van der Waals surface area contributed by atoms with Crippen LogP contribution in [0.3, 0.4) is 0 Å². The normalized spacial score (nSPS) is 19.7. The zero-order chi connectivity index (χ0) is 44.7. The van der Waals surface area contributed by atoms with Gasteiger partial charge in [-0.15, -0.1) is 0 Å². The summed E-state index contributed by atoms with van der Waals surface area (Å²) in [6.07, 6.45) is 15.4. The molecule has 12 rings (SSSR count). The Balaban J connectivity index is 0.976. The molecule has 17 heteroatoms. The number of ether oxygens (including phenoxy) is 1. The van der Waals surface area contributed by atoms with Crippen molar-refractivity contribution in [2.24, 2.45) is 13.0 Å². The number of hydrogen-bond acceptors (Lipinski definition) is 8. The minimum atomic E-state index is -0.741. The smallest absolute Gasteiger partial charge is 0.375 e. The second-order valence-electron chi connectivity index (χ2n) is 18.7. The van der Waals surface area contributed by atoms with Crippen LogP contribution in [-0.2, 0) is 30.0 Å². The van der Waals surface area contributed by atoms with Crippen molar-refractivity contribution in [2.75, 3.05) is 13.2 Å². The standard InChI is InChI=1S/C48H46F2N10O5/c1-26-19-31(20-27(2)40(26)49)60-42(59-17-16-58(46(59)63)37-8-7-35-32(41(37)50)23-51-55(35)4)38-28(3)57(15-9-34(38)53-60)43(61)33-25-56-24-30(21-29-10-18-64-47(22-29)11-12-47)5-6-36(56)39(33)48(13-14-48)44-52-45(62)65-54-44/h5-8,16-17,19-20,23-25,28-29H,9-15,18,21-22H2,1-4H3,(H,52,54,62)/t28-,29+/m0/s1. The molecular formula is C48H46F2N10O5. The zero-order valence-corrected chi connectivity index (χ0v) is 36.4. The SMILES string of the molecule is Cc1cc(-n2nc3c(c2-n2ccn(-c4ccc5c(cnn5C)c4F)c2=O)[C@H](C)N(C(=O)c2cn4cc(C[C@H]5CCOC6(CC6)C5)ccc4c2C2(c4noc(=O)[nH]4)CC2)CC3)cc(C)c1F. The van der Waals surface area contributed by atoms with E-state index in [1.807, 2.05) is 17.5 Å². The van der Waals surface area contributed by atoms with Crippen molar-refractivity contribution < 1.29 is 22.8 Å². The number of nitrogens with zero attached hydrogens (tertiary/aromatic N) is 9. The van der Waals surface area contributed by atoms with Crippen molar-refractivity contribution in [3.8, 4) is 17.2 Å². The molecule has 4 aliphatic rings. The Morgan fingerprint density at radius 1 is 0.969 bits per heavy atom. The molecule has 0 bridgehead atoms. The minimum absolute atomic E-state index is 0.0472. The van der Waals surface area contributed by atoms with Gasteiger partial charge >= 0.3 is 11.4 Å². The first-order valence-corrected chi connectivity index (χ1v) is 22.3. The van der Waals surface area contributed by atoms with Crippen LogP contribution in [0.1, 0.15) is 101 Å². The quantitative estimate of drug-likeness (QED) is 0.174. The summed E-state index contributed by atoms with van der Waals surface area (Å²) in [7, 11) is 1.72. The van der Waals surface area contributed by atoms with E-state index >= 15 is 13.6 Å². The third-order valence-corrected chi connectivity index (χ3v) is 14.6. The number of nitrogens with one attached hydrogen (secondary N) is 1. The van der Waals surface area contributed by atoms with Gasteiger partial charge in [0.25, 0.3) is 5.91 Å². The van der Waals surface area contributed by atoms with Gasteiger partial charge in [0.05, 0.1) is 62.3 Å². The Kier molecular flexibility index (Phi) is 8.58. The second-order valence-corrected chi connectivity index (χ2v) is 18.7. The molecule has 2 aromatic carbocycles. The van der Waals surface area contributed by atoms with Crippen molar-refractivity contribution in [2.45, 2.75) is 89.2 Å². The molecule has 3 fully saturated rings. The van der Waals surface area contributed by atoms with Gasteiger partial charge in [0.1, 0.15) is 11.6 Å². The van der Waals surface area contributed by atoms with E-state index in [1.54, 1.807) is 65.6 Å². The van der Waals surface area contributed by atoms with Gasteiger partial charge in [-0.1, -0.05) is 11.2 Å². The lowest BCUT2D eigenvalue weighted by molar-refractivity contribution is -0.0279. The molecule has 2 aliphatic carbocycles. The highest BCUT2D eigenvalue weighted by Crippen LogP contribution is 2.55. The average molecular weight is 881 g/mol. The molecule has 1 N–H and O–H groups in total. The predicted molar refractivity (Wildman–Crippen MR) is 234 cm³/mol. The number of H-pyrrole nitrogens is 1. The summed E-state index contributed by atoms with van der Waals surface area (Å²) in [6.45, 7) is 6.36. The van der Waals surface area contributed by atoms with E-state index in [2.05, 4.69) is 33.6 Å². The molecule has 332 valence electrons. The van der Waals surface area contributed by atoms with Crippen molar-refractivity contribution in [3.05, 3.63) is 145 Å². The van der Waals surface area contributed by atoms with E-state index in [1.165, 1.54) is 21.5 Å². The molecule has 15 nitrogen and oxygen atoms in total. The van der Waals surface area contributed by atoms with E-state index in [0.29, 0.717) is 82.5 Å². The van der Waals surface area contributed by atoms with Gasteiger partial charge in [0.2, 0.25) is 0 Å². The van der Waals surface area contributed by atoms with Crippen molar-refractivity contribution >= 4 is 22.3 Å². The number of pyridine rings is 1. The summed E-state index contributed by atoms with van der Waals surface area (Å²) in [5, 5.41) is 13.7. The number of aryl methyl sites for hydroxylation is 3. The maximum atomic E-state index is 16.1. The molecule has 1 spiro atoms. The van der Waals surface area contributed by atoms with Crippen LogP contribution in [0.25, 0.3) is 33.6 Å². The topological polar surface area (TPSA) is 155 Å². The number of amides is 1. The maximum Gasteiger partial charge on any atom is 0.438 e. The number of hydrogen-bond donors (Lipinski definition) is 1. The molecular weight excluding hydrogens is 835 g/mol. The van der Waals surface area contributed by atoms with Crippen molar-refractivity contribution in [1.29, 1.82) is 0 Å². The highest BCUT2D eigenvalue weighted by Gasteiger charge is 2.53. The van der Waals surface area contributed by atoms with Gasteiger partial charge in [0.15, 0.2) is 11.6 Å². The number of benzene rings is 2. The van der Waals surface area contributed by atoms with Crippen LogP contribution in [0.15, 0.2) is 81.5 Å². The monoisotopic (exact) mass is 880 g/mol. The minimum Gasteiger partial charge on any atom is -0.375 e. The molecule has 0 unspecified atom stereocenters. The van der Waals surface area contributed by atoms with E-state index in [9.17, 15) is 9.59 Å². The van der Waals surface area contributed by atoms with E-state index in [-0.39, 0.29) is 28.4 Å². The van der Waals surface area contributed by atoms with Gasteiger partial charge in [-0.2, -0.15) is 10.2 Å². The van der Waals surface area contributed by atoms with Crippen LogP contribution in [0.2, 0.25) is 0 Å². The molecule has 1 saturated heterocycles. The summed E-state index contributed by atoms with van der Waals surface area (Å²) in [4.78, 5) is 47.0. The van der Waals surface area contributed by atoms with Crippen molar-refractivity contribution in [3.63, 3.8) is 0 Å². The molecule has 6 aromatic heterocycles. The van der Waals surface area contributed by atoms with Crippen LogP contribution in [-0.4, -0.2) is 72.8 Å². The highest BCUT2D eigenvalue weighted by atomic mass is 19.1. The zero-order valence-electron chi connectivity index (χ0n) is 36.4. The summed E-state index contributed by atoms with van der Waals surface area (Å²) >= 11 is 0. The Labute approximate surface area is 369 Å². The second kappa shape index (κ2) is 14.1. The van der Waals surface area contributed by atoms with Gasteiger partial charge in [-0.3, -0.25) is 28.1 Å². The molecule has 8 heterocycles. The highest BCUT2D eigenvalue weighted by molar-refractivity contribution is 5.99. The van der Waals surface area contributed by atoms with Gasteiger partial charge in [-0.05, 0) is 119 Å². The van der Waals surface area contributed by atoms with Gasteiger partial charge in [-0.25, -0.2) is 23.1 Å². The fourth-order valence-corrected chi connectivity index (χ4v) is 10.9. The molecule has 8 aromatic rings. The first kappa shape index (κ1) is 39.7. The number of aromatic nitrogens is 9. The molecule has 2 aliphatic heterocycles. The van der Waals surface area contributed by atoms with Crippen molar-refractivity contribution in [1.82, 2.24) is 48.1 Å². The number of fused-ring (bicyclic) bond motifs is 3. The van der Waals surface area contributed by atoms with Gasteiger partial charge < -0.3 is 14.0 Å². The molecule has 1 amide bonds. The Morgan fingerprint density at radius 3 is 2.48 bits per heavy atom. The largest absolute Gasteiger partial charge is 0.438 e. The summed E-state index contributed by atoms with van der Waals surface area (Å²) in [6, 6.07) is 10.2. The fourth-order valence-electron chi connectivity index (χ4n) is 10.9. The van der Waals surface area contributed by atoms with Crippen LogP contribution in [0, 0.1) is 31.4 Å². The Hall–Kier alpha value is -6.88. The van der Waals surface area contributed by atoms with Gasteiger partial charge in [0, 0.05) is 62.5 Å². The summed E-state index contributed by atoms with van der Waals surface area (Å²) in [5.41, 5.74) is 5.27. The maximum absolute atomic E-state index is 16.1. The van der Waals surface area contributed by atoms with E-state index in [4.69, 9.17) is 14.4 Å². The first-order valence-electron chi connectivity index (χ1n) is 22.3. The average Bonchev–Trinajstić information content (AvgIpc) is 3.84. The lowest BCUT2D eigenvalue weighted by Crippen LogP contribution is -2.40. The predicted octanol–water partition coefficient (Wildman–Crippen LogP) is 6.87. The van der Waals surface area contributed by atoms with Crippen LogP contribution < -0.4 is 11.4 Å². The third kappa shape index (κ3) is 6.07. The fraction of sp³-hybridized carbons (Fsp3) is 0.375. The Bertz CT molecular complexity index is 3390. The number of halogens is 2. The first-order chi connectivity index (χ1) is 31.3. The summed E-state index contributed by atoms with van der Waals surface area (Å²) in [5.74, 6) is -0.586. The number of imidazole rings is 1. The summed E-state index contributed by atoms with van der Waals surface area (Å²) < 4.78 is 50.2. The Morgan fingerprint density at radius 2 is 1.74 bits per heavy atom. The molecule has 0 radical (unpaired) electrons. The van der Waals surface area contributed by atoms with E-state index in [0.717, 1.165) is 55.4 Å². The lowest BCUT2D eigenvalue weighted by Gasteiger charge is -2.34. The van der Waals surface area contributed by atoms with Crippen LogP contribution >= 0.6 is 0 Å². The molecule has 2 saturated carbocycles. The van der Waals surface area contributed by atoms with Crippen LogP contribution in [0.5, 0.6) is 0 Å². The third-order valence-electron chi connectivity index (χ3n) is 14.6. The molecule has 2 atom stereocenters. The lowest BCUT2D eigenvalue weighted by atomic mass is 9.88. The number of aromatic amines is 1. The van der Waals surface area contributed by atoms with Crippen LogP contribution in [0.4, 0.5) is 8.78 Å². The number of carbonyl (C=O) groups excluding carboxylic acids is 1. The van der Waals surface area contributed by atoms with E-state index < -0.39 is 28.7 Å².